The van der Waals surface area contributed by atoms with Crippen molar-refractivity contribution in [2.75, 3.05) is 13.2 Å². The van der Waals surface area contributed by atoms with Gasteiger partial charge in [0.05, 0.1) is 18.2 Å². The average molecular weight is 347 g/mol. The van der Waals surface area contributed by atoms with Gasteiger partial charge < -0.3 is 20.5 Å². The third kappa shape index (κ3) is 5.02. The number of halogens is 2. The molecule has 1 heterocycles. The minimum absolute atomic E-state index is 0.0578. The van der Waals surface area contributed by atoms with E-state index in [0.717, 1.165) is 19.4 Å². The van der Waals surface area contributed by atoms with Gasteiger partial charge in [-0.1, -0.05) is 23.2 Å². The maximum atomic E-state index is 11.8. The normalized spacial score (nSPS) is 20.5. The molecule has 0 saturated carbocycles. The molecule has 1 saturated heterocycles. The Morgan fingerprint density at radius 1 is 1.41 bits per heavy atom. The molecule has 3 unspecified atom stereocenters. The summed E-state index contributed by atoms with van der Waals surface area (Å²) < 4.78 is 5.52. The molecular formula is C15H20Cl2N2O3. The van der Waals surface area contributed by atoms with Crippen LogP contribution in [0.4, 0.5) is 4.79 Å². The van der Waals surface area contributed by atoms with E-state index in [0.29, 0.717) is 15.6 Å². The fraction of sp³-hybridized carbons (Fsp3) is 0.533. The quantitative estimate of drug-likeness (QED) is 0.767. The van der Waals surface area contributed by atoms with E-state index in [1.165, 1.54) is 0 Å². The van der Waals surface area contributed by atoms with Crippen molar-refractivity contribution in [2.45, 2.75) is 38.0 Å². The van der Waals surface area contributed by atoms with Gasteiger partial charge in [-0.25, -0.2) is 4.79 Å². The number of hydrogen-bond acceptors (Lipinski definition) is 3. The zero-order chi connectivity index (χ0) is 16.1. The van der Waals surface area contributed by atoms with Gasteiger partial charge in [-0.05, 0) is 43.5 Å². The van der Waals surface area contributed by atoms with Crippen molar-refractivity contribution in [2.24, 2.45) is 0 Å². The maximum absolute atomic E-state index is 11.8. The third-order valence-electron chi connectivity index (χ3n) is 3.61. The lowest BCUT2D eigenvalue weighted by atomic mass is 10.1. The number of ether oxygens (including phenoxy) is 1. The summed E-state index contributed by atoms with van der Waals surface area (Å²) in [5, 5.41) is 16.4. The molecule has 1 aromatic carbocycles. The van der Waals surface area contributed by atoms with Gasteiger partial charge in [0.1, 0.15) is 0 Å². The Kier molecular flexibility index (Phi) is 6.32. The fourth-order valence-corrected chi connectivity index (χ4v) is 2.97. The first-order chi connectivity index (χ1) is 10.5. The molecule has 3 atom stereocenters. The van der Waals surface area contributed by atoms with E-state index in [-0.39, 0.29) is 24.7 Å². The lowest BCUT2D eigenvalue weighted by Gasteiger charge is -2.21. The summed E-state index contributed by atoms with van der Waals surface area (Å²) in [6, 6.07) is 4.41. The number of benzene rings is 1. The van der Waals surface area contributed by atoms with Crippen molar-refractivity contribution >= 4 is 29.2 Å². The molecule has 1 fully saturated rings. The molecule has 122 valence electrons. The van der Waals surface area contributed by atoms with Crippen LogP contribution in [0.1, 0.15) is 31.4 Å². The first-order valence-electron chi connectivity index (χ1n) is 7.25. The number of carbonyl (C=O) groups excluding carboxylic acids is 1. The highest BCUT2D eigenvalue weighted by Crippen LogP contribution is 2.23. The Morgan fingerprint density at radius 3 is 2.68 bits per heavy atom. The number of rotatable bonds is 5. The largest absolute Gasteiger partial charge is 0.387 e. The van der Waals surface area contributed by atoms with E-state index in [9.17, 15) is 9.90 Å². The minimum atomic E-state index is -0.875. The van der Waals surface area contributed by atoms with Gasteiger partial charge in [-0.2, -0.15) is 0 Å². The van der Waals surface area contributed by atoms with Crippen LogP contribution in [-0.4, -0.2) is 36.4 Å². The van der Waals surface area contributed by atoms with E-state index >= 15 is 0 Å². The van der Waals surface area contributed by atoms with Crippen LogP contribution in [-0.2, 0) is 4.74 Å². The Balaban J connectivity index is 1.79. The van der Waals surface area contributed by atoms with Gasteiger partial charge >= 0.3 is 6.03 Å². The average Bonchev–Trinajstić information content (AvgIpc) is 2.98. The van der Waals surface area contributed by atoms with Gasteiger partial charge in [0.15, 0.2) is 0 Å². The Bertz CT molecular complexity index is 501. The topological polar surface area (TPSA) is 70.6 Å². The predicted octanol–water partition coefficient (Wildman–Crippen LogP) is 2.89. The van der Waals surface area contributed by atoms with E-state index in [1.54, 1.807) is 18.2 Å². The molecule has 1 aromatic rings. The second-order valence-electron chi connectivity index (χ2n) is 5.41. The molecule has 0 aromatic heterocycles. The van der Waals surface area contributed by atoms with E-state index in [2.05, 4.69) is 10.6 Å². The van der Waals surface area contributed by atoms with Crippen molar-refractivity contribution in [1.29, 1.82) is 0 Å². The van der Waals surface area contributed by atoms with Crippen LogP contribution >= 0.6 is 23.2 Å². The molecule has 0 bridgehead atoms. The smallest absolute Gasteiger partial charge is 0.315 e. The molecule has 5 nitrogen and oxygen atoms in total. The molecule has 2 amide bonds. The number of carbonyl (C=O) groups is 1. The highest BCUT2D eigenvalue weighted by atomic mass is 35.5. The highest BCUT2D eigenvalue weighted by molar-refractivity contribution is 6.34. The number of hydrogen-bond donors (Lipinski definition) is 3. The Hall–Kier alpha value is -1.01. The van der Waals surface area contributed by atoms with Crippen LogP contribution in [0.5, 0.6) is 0 Å². The van der Waals surface area contributed by atoms with Gasteiger partial charge in [0.2, 0.25) is 0 Å². The first kappa shape index (κ1) is 17.3. The van der Waals surface area contributed by atoms with Crippen LogP contribution in [0, 0.1) is 0 Å². The Labute approximate surface area is 139 Å². The molecule has 0 aliphatic carbocycles. The summed E-state index contributed by atoms with van der Waals surface area (Å²) in [6.45, 7) is 2.72. The zero-order valence-corrected chi connectivity index (χ0v) is 13.8. The third-order valence-corrected chi connectivity index (χ3v) is 4.04. The monoisotopic (exact) mass is 346 g/mol. The summed E-state index contributed by atoms with van der Waals surface area (Å²) >= 11 is 11.8. The van der Waals surface area contributed by atoms with Gasteiger partial charge in [0.25, 0.3) is 0 Å². The first-order valence-corrected chi connectivity index (χ1v) is 8.01. The number of amides is 2. The SMILES string of the molecule is CC(NC(=O)NCC(O)c1cc(Cl)cc(Cl)c1)C1CCCO1. The predicted molar refractivity (Wildman–Crippen MR) is 86.4 cm³/mol. The summed E-state index contributed by atoms with van der Waals surface area (Å²) in [4.78, 5) is 11.8. The summed E-state index contributed by atoms with van der Waals surface area (Å²) in [7, 11) is 0. The summed E-state index contributed by atoms with van der Waals surface area (Å²) in [6.07, 6.45) is 1.15. The molecule has 3 N–H and O–H groups in total. The van der Waals surface area contributed by atoms with Gasteiger partial charge in [-0.15, -0.1) is 0 Å². The summed E-state index contributed by atoms with van der Waals surface area (Å²) in [5.41, 5.74) is 0.560. The van der Waals surface area contributed by atoms with Crippen molar-refractivity contribution in [3.05, 3.63) is 33.8 Å². The zero-order valence-electron chi connectivity index (χ0n) is 12.3. The van der Waals surface area contributed by atoms with E-state index in [4.69, 9.17) is 27.9 Å². The van der Waals surface area contributed by atoms with Crippen molar-refractivity contribution in [3.8, 4) is 0 Å². The molecule has 1 aliphatic heterocycles. The van der Waals surface area contributed by atoms with Crippen LogP contribution < -0.4 is 10.6 Å². The second kappa shape index (κ2) is 8.02. The second-order valence-corrected chi connectivity index (χ2v) is 6.29. The van der Waals surface area contributed by atoms with Crippen molar-refractivity contribution in [3.63, 3.8) is 0 Å². The number of nitrogens with one attached hydrogen (secondary N) is 2. The maximum Gasteiger partial charge on any atom is 0.315 e. The van der Waals surface area contributed by atoms with Crippen molar-refractivity contribution in [1.82, 2.24) is 10.6 Å². The molecule has 7 heteroatoms. The fourth-order valence-electron chi connectivity index (χ4n) is 2.42. The summed E-state index contributed by atoms with van der Waals surface area (Å²) in [5.74, 6) is 0. The van der Waals surface area contributed by atoms with Crippen LogP contribution in [0.25, 0.3) is 0 Å². The van der Waals surface area contributed by atoms with Crippen LogP contribution in [0.2, 0.25) is 10.0 Å². The van der Waals surface area contributed by atoms with Crippen LogP contribution in [0.15, 0.2) is 18.2 Å². The van der Waals surface area contributed by atoms with Gasteiger partial charge in [-0.3, -0.25) is 0 Å². The van der Waals surface area contributed by atoms with Gasteiger partial charge in [0, 0.05) is 23.2 Å². The number of urea groups is 1. The number of aliphatic hydroxyl groups excluding tert-OH is 1. The molecule has 2 rings (SSSR count). The lowest BCUT2D eigenvalue weighted by molar-refractivity contribution is 0.0856. The standard InChI is InChI=1S/C15H20Cl2N2O3/c1-9(14-3-2-4-22-14)19-15(21)18-8-13(20)10-5-11(16)7-12(17)6-10/h5-7,9,13-14,20H,2-4,8H2,1H3,(H2,18,19,21). The van der Waals surface area contributed by atoms with Crippen molar-refractivity contribution < 1.29 is 14.6 Å². The molecule has 1 aliphatic rings. The van der Waals surface area contributed by atoms with E-state index in [1.807, 2.05) is 6.92 Å². The van der Waals surface area contributed by atoms with E-state index < -0.39 is 6.10 Å². The molecule has 0 radical (unpaired) electrons. The van der Waals surface area contributed by atoms with Crippen LogP contribution in [0.3, 0.4) is 0 Å². The molecular weight excluding hydrogens is 327 g/mol. The highest BCUT2D eigenvalue weighted by Gasteiger charge is 2.23. The Morgan fingerprint density at radius 2 is 2.09 bits per heavy atom. The minimum Gasteiger partial charge on any atom is -0.387 e. The lowest BCUT2D eigenvalue weighted by Crippen LogP contribution is -2.46. The molecule has 0 spiro atoms. The number of aliphatic hydroxyl groups is 1. The molecule has 22 heavy (non-hydrogen) atoms.